The second-order valence-corrected chi connectivity index (χ2v) is 9.13. The van der Waals surface area contributed by atoms with E-state index in [4.69, 9.17) is 14.2 Å². The monoisotopic (exact) mass is 486 g/mol. The van der Waals surface area contributed by atoms with E-state index >= 15 is 0 Å². The number of methoxy groups -OCH3 is 1. The number of amides is 2. The summed E-state index contributed by atoms with van der Waals surface area (Å²) < 4.78 is 17.2. The first-order chi connectivity index (χ1) is 17.5. The second-order valence-electron chi connectivity index (χ2n) is 9.13. The van der Waals surface area contributed by atoms with Crippen molar-refractivity contribution in [1.29, 1.82) is 0 Å². The average molecular weight is 487 g/mol. The van der Waals surface area contributed by atoms with Gasteiger partial charge in [0, 0.05) is 35.8 Å². The first-order valence-corrected chi connectivity index (χ1v) is 12.3. The van der Waals surface area contributed by atoms with Gasteiger partial charge in [0.15, 0.2) is 11.5 Å². The van der Waals surface area contributed by atoms with E-state index in [2.05, 4.69) is 5.32 Å². The van der Waals surface area contributed by atoms with Crippen LogP contribution < -0.4 is 24.4 Å². The van der Waals surface area contributed by atoms with E-state index in [1.807, 2.05) is 67.6 Å². The summed E-state index contributed by atoms with van der Waals surface area (Å²) in [7, 11) is 1.60. The number of nitrogens with zero attached hydrogens (tertiary/aromatic N) is 1. The highest BCUT2D eigenvalue weighted by molar-refractivity contribution is 6.00. The van der Waals surface area contributed by atoms with Gasteiger partial charge in [-0.25, -0.2) is 0 Å². The quantitative estimate of drug-likeness (QED) is 0.530. The van der Waals surface area contributed by atoms with Crippen LogP contribution in [-0.4, -0.2) is 32.1 Å². The molecule has 2 amide bonds. The molecule has 3 aromatic carbocycles. The lowest BCUT2D eigenvalue weighted by Gasteiger charge is -2.41. The Bertz CT molecular complexity index is 1260. The molecule has 2 atom stereocenters. The van der Waals surface area contributed by atoms with Crippen molar-refractivity contribution in [2.45, 2.75) is 32.2 Å². The van der Waals surface area contributed by atoms with E-state index < -0.39 is 12.0 Å². The van der Waals surface area contributed by atoms with E-state index in [0.717, 1.165) is 23.2 Å². The summed E-state index contributed by atoms with van der Waals surface area (Å²) in [6.45, 7) is 3.17. The number of ether oxygens (including phenoxy) is 3. The third-order valence-corrected chi connectivity index (χ3v) is 6.72. The highest BCUT2D eigenvalue weighted by Crippen LogP contribution is 2.43. The normalized spacial score (nSPS) is 19.4. The van der Waals surface area contributed by atoms with Crippen molar-refractivity contribution in [1.82, 2.24) is 0 Å². The third-order valence-electron chi connectivity index (χ3n) is 6.72. The molecule has 0 bridgehead atoms. The number of piperidine rings is 1. The number of benzene rings is 3. The molecule has 1 saturated heterocycles. The zero-order chi connectivity index (χ0) is 25.1. The Morgan fingerprint density at radius 2 is 1.75 bits per heavy atom. The lowest BCUT2D eigenvalue weighted by molar-refractivity contribution is -0.125. The summed E-state index contributed by atoms with van der Waals surface area (Å²) in [5.74, 6) is 1.26. The van der Waals surface area contributed by atoms with Gasteiger partial charge in [-0.05, 0) is 43.7 Å². The molecule has 186 valence electrons. The van der Waals surface area contributed by atoms with Crippen LogP contribution in [0.3, 0.4) is 0 Å². The highest BCUT2D eigenvalue weighted by atomic mass is 16.5. The largest absolute Gasteiger partial charge is 0.496 e. The van der Waals surface area contributed by atoms with Gasteiger partial charge in [-0.15, -0.1) is 0 Å². The van der Waals surface area contributed by atoms with E-state index in [0.29, 0.717) is 42.6 Å². The van der Waals surface area contributed by atoms with Gasteiger partial charge in [0.05, 0.1) is 32.3 Å². The number of para-hydroxylation sites is 1. The Kier molecular flexibility index (Phi) is 6.80. The molecule has 1 N–H and O–H groups in total. The second kappa shape index (κ2) is 10.3. The topological polar surface area (TPSA) is 77.1 Å². The van der Waals surface area contributed by atoms with Crippen LogP contribution in [0.4, 0.5) is 11.4 Å². The van der Waals surface area contributed by atoms with Crippen LogP contribution in [-0.2, 0) is 9.59 Å². The molecule has 1 fully saturated rings. The van der Waals surface area contributed by atoms with Crippen LogP contribution in [0, 0.1) is 12.8 Å². The maximum atomic E-state index is 13.8. The van der Waals surface area contributed by atoms with Crippen molar-refractivity contribution < 1.29 is 23.8 Å². The van der Waals surface area contributed by atoms with Gasteiger partial charge in [-0.1, -0.05) is 35.9 Å². The molecule has 0 aliphatic carbocycles. The molecule has 2 aliphatic rings. The number of carbonyl (C=O) groups excluding carboxylic acids is 2. The molecule has 0 spiro atoms. The molecule has 3 aromatic rings. The summed E-state index contributed by atoms with van der Waals surface area (Å²) in [5, 5.41) is 3.06. The predicted molar refractivity (Wildman–Crippen MR) is 138 cm³/mol. The van der Waals surface area contributed by atoms with E-state index in [1.54, 1.807) is 18.1 Å². The number of hydrogen-bond donors (Lipinski definition) is 1. The molecule has 36 heavy (non-hydrogen) atoms. The summed E-state index contributed by atoms with van der Waals surface area (Å²) in [4.78, 5) is 28.8. The Morgan fingerprint density at radius 3 is 2.53 bits per heavy atom. The van der Waals surface area contributed by atoms with Gasteiger partial charge in [-0.2, -0.15) is 0 Å². The smallest absolute Gasteiger partial charge is 0.229 e. The molecular formula is C29H30N2O5. The molecule has 0 radical (unpaired) electrons. The van der Waals surface area contributed by atoms with Crippen molar-refractivity contribution in [3.05, 3.63) is 77.9 Å². The first-order valence-electron chi connectivity index (χ1n) is 12.3. The maximum Gasteiger partial charge on any atom is 0.229 e. The van der Waals surface area contributed by atoms with E-state index in [-0.39, 0.29) is 18.2 Å². The summed E-state index contributed by atoms with van der Waals surface area (Å²) >= 11 is 0. The van der Waals surface area contributed by atoms with Gasteiger partial charge in [0.1, 0.15) is 5.75 Å². The van der Waals surface area contributed by atoms with Crippen LogP contribution in [0.15, 0.2) is 66.7 Å². The Balaban J connectivity index is 1.51. The number of aryl methyl sites for hydroxylation is 1. The Labute approximate surface area is 211 Å². The highest BCUT2D eigenvalue weighted by Gasteiger charge is 2.42. The third kappa shape index (κ3) is 4.73. The SMILES string of the molecule is COc1ccccc1C1C(C(=O)Nc2ccc3c(c2)OCCCO3)CCC(=O)N1c1ccc(C)cc1. The minimum Gasteiger partial charge on any atom is -0.496 e. The summed E-state index contributed by atoms with van der Waals surface area (Å²) in [6, 6.07) is 20.3. The summed E-state index contributed by atoms with van der Waals surface area (Å²) in [6.07, 6.45) is 1.51. The minimum absolute atomic E-state index is 0.0191. The number of hydrogen-bond acceptors (Lipinski definition) is 5. The fraction of sp³-hybridized carbons (Fsp3) is 0.310. The van der Waals surface area contributed by atoms with Gasteiger partial charge in [0.25, 0.3) is 0 Å². The zero-order valence-corrected chi connectivity index (χ0v) is 20.5. The predicted octanol–water partition coefficient (Wildman–Crippen LogP) is 5.29. The number of rotatable bonds is 5. The lowest BCUT2D eigenvalue weighted by Crippen LogP contribution is -2.47. The maximum absolute atomic E-state index is 13.8. The molecule has 0 saturated carbocycles. The minimum atomic E-state index is -0.523. The first kappa shape index (κ1) is 23.7. The average Bonchev–Trinajstić information content (AvgIpc) is 3.14. The number of fused-ring (bicyclic) bond motifs is 1. The molecular weight excluding hydrogens is 456 g/mol. The molecule has 2 heterocycles. The van der Waals surface area contributed by atoms with Crippen LogP contribution in [0.5, 0.6) is 17.2 Å². The zero-order valence-electron chi connectivity index (χ0n) is 20.5. The number of nitrogens with one attached hydrogen (secondary N) is 1. The van der Waals surface area contributed by atoms with Crippen molar-refractivity contribution >= 4 is 23.2 Å². The fourth-order valence-electron chi connectivity index (χ4n) is 4.92. The van der Waals surface area contributed by atoms with Crippen molar-refractivity contribution in [3.8, 4) is 17.2 Å². The van der Waals surface area contributed by atoms with Crippen molar-refractivity contribution in [2.75, 3.05) is 30.5 Å². The van der Waals surface area contributed by atoms with Gasteiger partial charge >= 0.3 is 0 Å². The number of anilines is 2. The van der Waals surface area contributed by atoms with Gasteiger partial charge in [-0.3, -0.25) is 9.59 Å². The molecule has 2 unspecified atom stereocenters. The van der Waals surface area contributed by atoms with Crippen LogP contribution in [0.25, 0.3) is 0 Å². The molecule has 0 aromatic heterocycles. The van der Waals surface area contributed by atoms with Gasteiger partial charge in [0.2, 0.25) is 11.8 Å². The lowest BCUT2D eigenvalue weighted by atomic mass is 9.82. The molecule has 2 aliphatic heterocycles. The van der Waals surface area contributed by atoms with Crippen molar-refractivity contribution in [2.24, 2.45) is 5.92 Å². The Hall–Kier alpha value is -4.00. The standard InChI is InChI=1S/C29H30N2O5/c1-19-8-11-21(12-9-19)31-27(32)15-13-23(28(31)22-6-3-4-7-24(22)34-2)29(33)30-20-10-14-25-26(18-20)36-17-5-16-35-25/h3-4,6-12,14,18,23,28H,5,13,15-17H2,1-2H3,(H,30,33). The van der Waals surface area contributed by atoms with E-state index in [9.17, 15) is 9.59 Å². The fourth-order valence-corrected chi connectivity index (χ4v) is 4.92. The molecule has 5 rings (SSSR count). The van der Waals surface area contributed by atoms with Crippen LogP contribution >= 0.6 is 0 Å². The van der Waals surface area contributed by atoms with Gasteiger partial charge < -0.3 is 24.4 Å². The summed E-state index contributed by atoms with van der Waals surface area (Å²) in [5.41, 5.74) is 3.28. The van der Waals surface area contributed by atoms with E-state index in [1.165, 1.54) is 0 Å². The van der Waals surface area contributed by atoms with Crippen molar-refractivity contribution in [3.63, 3.8) is 0 Å². The van der Waals surface area contributed by atoms with Crippen LogP contribution in [0.1, 0.15) is 36.4 Å². The number of carbonyl (C=O) groups is 2. The Morgan fingerprint density at radius 1 is 1.00 bits per heavy atom. The van der Waals surface area contributed by atoms with Crippen LogP contribution in [0.2, 0.25) is 0 Å². The molecule has 7 heteroatoms. The molecule has 7 nitrogen and oxygen atoms in total.